The maximum atomic E-state index is 13.6. The average molecular weight is 626 g/mol. The van der Waals surface area contributed by atoms with Crippen LogP contribution in [0.2, 0.25) is 18.1 Å². The Labute approximate surface area is 255 Å². The van der Waals surface area contributed by atoms with Crippen LogP contribution in [0.15, 0.2) is 59.2 Å². The number of rotatable bonds is 13. The van der Waals surface area contributed by atoms with Gasteiger partial charge in [0.05, 0.1) is 34.1 Å². The van der Waals surface area contributed by atoms with E-state index in [1.54, 1.807) is 22.4 Å². The largest absolute Gasteiger partial charge is 0.488 e. The molecule has 0 radical (unpaired) electrons. The summed E-state index contributed by atoms with van der Waals surface area (Å²) in [5.41, 5.74) is 2.06. The molecule has 1 fully saturated rings. The number of benzene rings is 2. The summed E-state index contributed by atoms with van der Waals surface area (Å²) in [6.07, 6.45) is 1.59. The van der Waals surface area contributed by atoms with Crippen molar-refractivity contribution in [1.82, 2.24) is 9.88 Å². The average Bonchev–Trinajstić information content (AvgIpc) is 3.62. The van der Waals surface area contributed by atoms with E-state index in [2.05, 4.69) is 44.1 Å². The first-order valence-electron chi connectivity index (χ1n) is 14.7. The zero-order valence-corrected chi connectivity index (χ0v) is 27.9. The number of thiazole rings is 1. The number of hydrogen-bond acceptors (Lipinski definition) is 8. The zero-order valence-electron chi connectivity index (χ0n) is 24.9. The molecule has 0 spiro atoms. The number of nitrogens with zero attached hydrogens (tertiary/aromatic N) is 2. The highest BCUT2D eigenvalue weighted by Gasteiger charge is 2.61. The molecule has 1 amide bonds. The van der Waals surface area contributed by atoms with Gasteiger partial charge in [0.2, 0.25) is 5.91 Å². The molecule has 5 rings (SSSR count). The van der Waals surface area contributed by atoms with Gasteiger partial charge < -0.3 is 23.9 Å². The van der Waals surface area contributed by atoms with Crippen molar-refractivity contribution in [3.63, 3.8) is 0 Å². The van der Waals surface area contributed by atoms with Gasteiger partial charge in [0.1, 0.15) is 23.1 Å². The van der Waals surface area contributed by atoms with E-state index in [4.69, 9.17) is 13.7 Å². The molecule has 8 nitrogen and oxygen atoms in total. The van der Waals surface area contributed by atoms with Crippen molar-refractivity contribution in [2.45, 2.75) is 71.4 Å². The lowest BCUT2D eigenvalue weighted by molar-refractivity contribution is -0.161. The van der Waals surface area contributed by atoms with Gasteiger partial charge in [0.15, 0.2) is 8.32 Å². The van der Waals surface area contributed by atoms with Crippen molar-refractivity contribution in [3.8, 4) is 5.75 Å². The Morgan fingerprint density at radius 2 is 1.86 bits per heavy atom. The number of β-lactam (4-membered cyclic amide) rings is 1. The Morgan fingerprint density at radius 3 is 2.52 bits per heavy atom. The summed E-state index contributed by atoms with van der Waals surface area (Å²) >= 11 is 1.61. The van der Waals surface area contributed by atoms with E-state index in [0.29, 0.717) is 18.0 Å². The number of hydrogen-bond donors (Lipinski definition) is 1. The SMILES string of the molecule is CC[Si](CC)(CC)O[C@H](C)[C@H]1C(=O)N2C(C(=O)OP)=C(COc3cccc4c(NCc5nccs5)cccc34)[C@H](C)[C@H]12. The molecule has 1 aromatic heterocycles. The molecule has 1 N–H and O–H groups in total. The van der Waals surface area contributed by atoms with Gasteiger partial charge in [-0.15, -0.1) is 11.3 Å². The molecule has 0 saturated carbocycles. The molecule has 2 aromatic carbocycles. The van der Waals surface area contributed by atoms with Gasteiger partial charge in [-0.1, -0.05) is 52.0 Å². The van der Waals surface area contributed by atoms with Crippen LogP contribution in [-0.2, 0) is 25.1 Å². The van der Waals surface area contributed by atoms with Crippen molar-refractivity contribution in [1.29, 1.82) is 0 Å². The highest BCUT2D eigenvalue weighted by molar-refractivity contribution is 7.10. The summed E-state index contributed by atoms with van der Waals surface area (Å²) in [5.74, 6) is -0.289. The van der Waals surface area contributed by atoms with E-state index >= 15 is 0 Å². The van der Waals surface area contributed by atoms with E-state index in [9.17, 15) is 9.59 Å². The summed E-state index contributed by atoms with van der Waals surface area (Å²) in [7, 11) is 0.111. The van der Waals surface area contributed by atoms with Gasteiger partial charge in [-0.25, -0.2) is 9.78 Å². The molecule has 42 heavy (non-hydrogen) atoms. The van der Waals surface area contributed by atoms with Crippen LogP contribution < -0.4 is 10.1 Å². The Balaban J connectivity index is 1.37. The first kappa shape index (κ1) is 30.7. The Bertz CT molecular complexity index is 1470. The monoisotopic (exact) mass is 625 g/mol. The summed E-state index contributed by atoms with van der Waals surface area (Å²) in [4.78, 5) is 32.5. The molecule has 0 bridgehead atoms. The Kier molecular flexibility index (Phi) is 9.37. The minimum absolute atomic E-state index is 0.0768. The third-order valence-electron chi connectivity index (χ3n) is 9.15. The van der Waals surface area contributed by atoms with E-state index in [1.165, 1.54) is 0 Å². The normalized spacial score (nSPS) is 20.9. The first-order valence-corrected chi connectivity index (χ1v) is 18.6. The molecule has 3 aromatic rings. The third kappa shape index (κ3) is 5.50. The Hall–Kier alpha value is -2.78. The molecular formula is C31H40N3O5PSSi. The molecule has 224 valence electrons. The molecule has 1 unspecified atom stereocenters. The van der Waals surface area contributed by atoms with Crippen LogP contribution in [0, 0.1) is 11.8 Å². The second-order valence-corrected chi connectivity index (χ2v) is 17.0. The van der Waals surface area contributed by atoms with Crippen molar-refractivity contribution in [2.24, 2.45) is 11.8 Å². The second-order valence-electron chi connectivity index (χ2n) is 11.1. The van der Waals surface area contributed by atoms with Crippen LogP contribution in [0.3, 0.4) is 0 Å². The zero-order chi connectivity index (χ0) is 30.0. The number of amides is 1. The number of anilines is 1. The minimum Gasteiger partial charge on any atom is -0.488 e. The minimum atomic E-state index is -1.91. The Morgan fingerprint density at radius 1 is 1.14 bits per heavy atom. The maximum absolute atomic E-state index is 13.6. The molecule has 2 aliphatic rings. The van der Waals surface area contributed by atoms with Gasteiger partial charge in [0, 0.05) is 39.5 Å². The van der Waals surface area contributed by atoms with Crippen molar-refractivity contribution >= 4 is 57.5 Å². The van der Waals surface area contributed by atoms with Crippen LogP contribution in [0.25, 0.3) is 10.8 Å². The predicted octanol–water partition coefficient (Wildman–Crippen LogP) is 6.76. The summed E-state index contributed by atoms with van der Waals surface area (Å²) in [5, 5.41) is 8.46. The number of carbonyl (C=O) groups is 2. The van der Waals surface area contributed by atoms with Gasteiger partial charge in [0.25, 0.3) is 0 Å². The highest BCUT2D eigenvalue weighted by Crippen LogP contribution is 2.49. The van der Waals surface area contributed by atoms with Gasteiger partial charge >= 0.3 is 5.97 Å². The van der Waals surface area contributed by atoms with Crippen molar-refractivity contribution in [2.75, 3.05) is 11.9 Å². The fourth-order valence-electron chi connectivity index (χ4n) is 6.56. The fourth-order valence-corrected chi connectivity index (χ4v) is 10.2. The summed E-state index contributed by atoms with van der Waals surface area (Å²) < 4.78 is 18.2. The first-order chi connectivity index (χ1) is 20.3. The molecule has 1 saturated heterocycles. The van der Waals surface area contributed by atoms with Gasteiger partial charge in [-0.3, -0.25) is 4.79 Å². The number of aromatic nitrogens is 1. The van der Waals surface area contributed by atoms with E-state index in [1.807, 2.05) is 52.1 Å². The molecule has 0 aliphatic carbocycles. The van der Waals surface area contributed by atoms with Crippen LogP contribution in [0.4, 0.5) is 5.69 Å². The molecule has 2 aliphatic heterocycles. The van der Waals surface area contributed by atoms with Crippen LogP contribution in [0.5, 0.6) is 5.75 Å². The number of ether oxygens (including phenoxy) is 1. The molecule has 3 heterocycles. The number of nitrogens with one attached hydrogen (secondary N) is 1. The quantitative estimate of drug-likeness (QED) is 0.128. The van der Waals surface area contributed by atoms with Gasteiger partial charge in [-0.05, 0) is 37.2 Å². The highest BCUT2D eigenvalue weighted by atomic mass is 32.1. The molecule has 5 atom stereocenters. The predicted molar refractivity (Wildman–Crippen MR) is 173 cm³/mol. The van der Waals surface area contributed by atoms with Crippen LogP contribution in [0.1, 0.15) is 39.6 Å². The smallest absolute Gasteiger partial charge is 0.357 e. The number of carbonyl (C=O) groups excluding carboxylic acids is 2. The second kappa shape index (κ2) is 12.8. The van der Waals surface area contributed by atoms with Crippen molar-refractivity contribution in [3.05, 3.63) is 64.3 Å². The topological polar surface area (TPSA) is 90.0 Å². The number of fused-ring (bicyclic) bond motifs is 2. The lowest BCUT2D eigenvalue weighted by Crippen LogP contribution is -2.65. The fraction of sp³-hybridized carbons (Fsp3) is 0.452. The summed E-state index contributed by atoms with van der Waals surface area (Å²) in [6, 6.07) is 14.9. The molecular weight excluding hydrogens is 585 g/mol. The van der Waals surface area contributed by atoms with E-state index in [-0.39, 0.29) is 36.5 Å². The standard InChI is InChI=1S/C31H40N3O5PSSi/c1-6-42(7-2,8-3)39-20(5)27-28-19(4)23(29(31(36)38-40)34(28)30(27)35)18-37-25-14-10-11-21-22(25)12-9-13-24(21)33-17-26-32-15-16-41-26/h9-16,19-20,27-28,33H,6-8,17-18,40H2,1-5H3/t19-,20+,27+,28+/m0/s1. The van der Waals surface area contributed by atoms with E-state index in [0.717, 1.165) is 45.2 Å². The molecule has 11 heteroatoms. The van der Waals surface area contributed by atoms with Crippen LogP contribution in [-0.4, -0.2) is 48.8 Å². The lowest BCUT2D eigenvalue weighted by Gasteiger charge is -2.49. The van der Waals surface area contributed by atoms with E-state index < -0.39 is 14.3 Å². The lowest BCUT2D eigenvalue weighted by atomic mass is 9.78. The summed E-state index contributed by atoms with van der Waals surface area (Å²) in [6.45, 7) is 11.5. The van der Waals surface area contributed by atoms with Gasteiger partial charge in [-0.2, -0.15) is 0 Å². The van der Waals surface area contributed by atoms with Crippen molar-refractivity contribution < 1.29 is 23.3 Å². The third-order valence-corrected chi connectivity index (χ3v) is 14.9. The van der Waals surface area contributed by atoms with Crippen LogP contribution >= 0.6 is 20.8 Å². The maximum Gasteiger partial charge on any atom is 0.357 e.